The number of aliphatic hydroxyl groups is 1. The Bertz CT molecular complexity index is 652. The second-order valence-electron chi connectivity index (χ2n) is 5.04. The fourth-order valence-electron chi connectivity index (χ4n) is 2.15. The van der Waals surface area contributed by atoms with E-state index in [-0.39, 0.29) is 5.56 Å². The lowest BCUT2D eigenvalue weighted by atomic mass is 10.1. The summed E-state index contributed by atoms with van der Waals surface area (Å²) in [4.78, 5) is 23.3. The van der Waals surface area contributed by atoms with Gasteiger partial charge in [0.05, 0.1) is 0 Å². The molecule has 1 unspecified atom stereocenters. The number of benzene rings is 1. The number of rotatable bonds is 7. The van der Waals surface area contributed by atoms with Gasteiger partial charge in [0, 0.05) is 25.4 Å². The smallest absolute Gasteiger partial charge is 0.253 e. The fourth-order valence-corrected chi connectivity index (χ4v) is 2.15. The molecule has 0 radical (unpaired) electrons. The molecule has 5 heteroatoms. The molecule has 0 saturated carbocycles. The van der Waals surface area contributed by atoms with Crippen LogP contribution < -0.4 is 10.9 Å². The van der Waals surface area contributed by atoms with E-state index in [0.29, 0.717) is 18.7 Å². The molecular weight excluding hydrogens is 280 g/mol. The van der Waals surface area contributed by atoms with Gasteiger partial charge in [-0.15, -0.1) is 0 Å². The molecule has 0 fully saturated rings. The van der Waals surface area contributed by atoms with Crippen LogP contribution in [-0.2, 0) is 11.3 Å². The molecule has 22 heavy (non-hydrogen) atoms. The van der Waals surface area contributed by atoms with E-state index in [1.54, 1.807) is 41.1 Å². The molecule has 1 amide bonds. The highest BCUT2D eigenvalue weighted by Gasteiger charge is 2.15. The Balaban J connectivity index is 1.69. The van der Waals surface area contributed by atoms with E-state index in [9.17, 15) is 14.7 Å². The zero-order valence-corrected chi connectivity index (χ0v) is 12.3. The Morgan fingerprint density at radius 3 is 2.55 bits per heavy atom. The van der Waals surface area contributed by atoms with Crippen LogP contribution in [0.4, 0.5) is 0 Å². The van der Waals surface area contributed by atoms with Crippen LogP contribution in [0.3, 0.4) is 0 Å². The molecule has 0 saturated heterocycles. The highest BCUT2D eigenvalue weighted by Crippen LogP contribution is 2.11. The van der Waals surface area contributed by atoms with E-state index in [0.717, 1.165) is 12.8 Å². The Morgan fingerprint density at radius 2 is 1.82 bits per heavy atom. The third-order valence-electron chi connectivity index (χ3n) is 3.39. The van der Waals surface area contributed by atoms with Crippen LogP contribution in [0.2, 0.25) is 0 Å². The monoisotopic (exact) mass is 300 g/mol. The van der Waals surface area contributed by atoms with Gasteiger partial charge in [0.2, 0.25) is 5.56 Å². The van der Waals surface area contributed by atoms with Gasteiger partial charge in [-0.3, -0.25) is 9.59 Å². The molecular formula is C17H20N2O3. The standard InChI is InChI=1S/C17H20N2O3/c20-15-10-4-6-12-19(15)13-7-5-11-18-17(22)16(21)14-8-2-1-3-9-14/h1-4,6,8-10,12,16,21H,5,7,11,13H2,(H,18,22). The van der Waals surface area contributed by atoms with Crippen LogP contribution in [0.1, 0.15) is 24.5 Å². The maximum absolute atomic E-state index is 11.8. The van der Waals surface area contributed by atoms with Crippen LogP contribution in [0.5, 0.6) is 0 Å². The Morgan fingerprint density at radius 1 is 1.09 bits per heavy atom. The Labute approximate surface area is 129 Å². The van der Waals surface area contributed by atoms with Crippen LogP contribution in [0.25, 0.3) is 0 Å². The highest BCUT2D eigenvalue weighted by atomic mass is 16.3. The van der Waals surface area contributed by atoms with Crippen molar-refractivity contribution in [3.8, 4) is 0 Å². The van der Waals surface area contributed by atoms with Crippen molar-refractivity contribution in [2.75, 3.05) is 6.54 Å². The van der Waals surface area contributed by atoms with E-state index in [1.165, 1.54) is 6.07 Å². The second-order valence-corrected chi connectivity index (χ2v) is 5.04. The lowest BCUT2D eigenvalue weighted by Gasteiger charge is -2.11. The van der Waals surface area contributed by atoms with E-state index in [2.05, 4.69) is 5.32 Å². The summed E-state index contributed by atoms with van der Waals surface area (Å²) in [5.74, 6) is -0.400. The Hall–Kier alpha value is -2.40. The van der Waals surface area contributed by atoms with Gasteiger partial charge in [0.15, 0.2) is 6.10 Å². The number of nitrogens with one attached hydrogen (secondary N) is 1. The normalized spacial score (nSPS) is 11.9. The number of amides is 1. The number of hydrogen-bond acceptors (Lipinski definition) is 3. The average molecular weight is 300 g/mol. The van der Waals surface area contributed by atoms with E-state index in [1.807, 2.05) is 12.1 Å². The summed E-state index contributed by atoms with van der Waals surface area (Å²) < 4.78 is 1.64. The van der Waals surface area contributed by atoms with Crippen LogP contribution >= 0.6 is 0 Å². The summed E-state index contributed by atoms with van der Waals surface area (Å²) in [5, 5.41) is 12.6. The molecule has 0 aliphatic rings. The maximum atomic E-state index is 11.8. The predicted molar refractivity (Wildman–Crippen MR) is 84.3 cm³/mol. The topological polar surface area (TPSA) is 71.3 Å². The summed E-state index contributed by atoms with van der Waals surface area (Å²) >= 11 is 0. The summed E-state index contributed by atoms with van der Waals surface area (Å²) in [7, 11) is 0. The molecule has 2 N–H and O–H groups in total. The van der Waals surface area contributed by atoms with Gasteiger partial charge in [-0.05, 0) is 24.5 Å². The summed E-state index contributed by atoms with van der Waals surface area (Å²) in [6, 6.07) is 13.9. The number of pyridine rings is 1. The van der Waals surface area contributed by atoms with E-state index >= 15 is 0 Å². The van der Waals surface area contributed by atoms with Crippen molar-refractivity contribution in [1.82, 2.24) is 9.88 Å². The van der Waals surface area contributed by atoms with Crippen molar-refractivity contribution in [2.45, 2.75) is 25.5 Å². The van der Waals surface area contributed by atoms with Gasteiger partial charge in [-0.2, -0.15) is 0 Å². The first-order valence-electron chi connectivity index (χ1n) is 7.34. The average Bonchev–Trinajstić information content (AvgIpc) is 2.56. The van der Waals surface area contributed by atoms with Gasteiger partial charge in [0.25, 0.3) is 5.91 Å². The lowest BCUT2D eigenvalue weighted by Crippen LogP contribution is -2.30. The molecule has 5 nitrogen and oxygen atoms in total. The minimum atomic E-state index is -1.14. The number of carbonyl (C=O) groups is 1. The van der Waals surface area contributed by atoms with Crippen molar-refractivity contribution in [3.63, 3.8) is 0 Å². The first-order valence-corrected chi connectivity index (χ1v) is 7.34. The molecule has 0 aliphatic heterocycles. The highest BCUT2D eigenvalue weighted by molar-refractivity contribution is 5.81. The zero-order chi connectivity index (χ0) is 15.8. The van der Waals surface area contributed by atoms with Gasteiger partial charge >= 0.3 is 0 Å². The number of carbonyl (C=O) groups excluding carboxylic acids is 1. The van der Waals surface area contributed by atoms with Crippen molar-refractivity contribution >= 4 is 5.91 Å². The molecule has 116 valence electrons. The minimum Gasteiger partial charge on any atom is -0.378 e. The van der Waals surface area contributed by atoms with Crippen molar-refractivity contribution in [1.29, 1.82) is 0 Å². The molecule has 1 aromatic carbocycles. The summed E-state index contributed by atoms with van der Waals surface area (Å²) in [6.45, 7) is 1.10. The summed E-state index contributed by atoms with van der Waals surface area (Å²) in [5.41, 5.74) is 0.557. The van der Waals surface area contributed by atoms with Gasteiger partial charge in [-0.25, -0.2) is 0 Å². The third-order valence-corrected chi connectivity index (χ3v) is 3.39. The zero-order valence-electron chi connectivity index (χ0n) is 12.3. The fraction of sp³-hybridized carbons (Fsp3) is 0.294. The number of hydrogen-bond donors (Lipinski definition) is 2. The van der Waals surface area contributed by atoms with Crippen molar-refractivity contribution < 1.29 is 9.90 Å². The van der Waals surface area contributed by atoms with Crippen LogP contribution in [0, 0.1) is 0 Å². The molecule has 1 heterocycles. The quantitative estimate of drug-likeness (QED) is 0.761. The largest absolute Gasteiger partial charge is 0.378 e. The number of unbranched alkanes of at least 4 members (excludes halogenated alkanes) is 1. The molecule has 0 aliphatic carbocycles. The van der Waals surface area contributed by atoms with E-state index in [4.69, 9.17) is 0 Å². The van der Waals surface area contributed by atoms with Gasteiger partial charge in [-0.1, -0.05) is 36.4 Å². The second kappa shape index (κ2) is 8.14. The van der Waals surface area contributed by atoms with Crippen LogP contribution in [-0.4, -0.2) is 22.1 Å². The number of aliphatic hydroxyl groups excluding tert-OH is 1. The number of aromatic nitrogens is 1. The maximum Gasteiger partial charge on any atom is 0.253 e. The molecule has 2 rings (SSSR count). The first-order chi connectivity index (χ1) is 10.7. The molecule has 0 bridgehead atoms. The number of nitrogens with zero attached hydrogens (tertiary/aromatic N) is 1. The van der Waals surface area contributed by atoms with Crippen LogP contribution in [0.15, 0.2) is 59.5 Å². The van der Waals surface area contributed by atoms with Crippen molar-refractivity contribution in [3.05, 3.63) is 70.6 Å². The number of aryl methyl sites for hydroxylation is 1. The SMILES string of the molecule is O=C(NCCCCn1ccccc1=O)C(O)c1ccccc1. The minimum absolute atomic E-state index is 0.0222. The molecule has 2 aromatic rings. The van der Waals surface area contributed by atoms with Gasteiger partial charge in [0.1, 0.15) is 0 Å². The summed E-state index contributed by atoms with van der Waals surface area (Å²) in [6.07, 6.45) is 2.14. The Kier molecular flexibility index (Phi) is 5.91. The van der Waals surface area contributed by atoms with Gasteiger partial charge < -0.3 is 15.0 Å². The van der Waals surface area contributed by atoms with Crippen molar-refractivity contribution in [2.24, 2.45) is 0 Å². The molecule has 1 atom stereocenters. The molecule has 1 aromatic heterocycles. The third kappa shape index (κ3) is 4.56. The predicted octanol–water partition coefficient (Wildman–Crippen LogP) is 1.48. The van der Waals surface area contributed by atoms with E-state index < -0.39 is 12.0 Å². The first kappa shape index (κ1) is 16.0. The lowest BCUT2D eigenvalue weighted by molar-refractivity contribution is -0.129. The molecule has 0 spiro atoms.